The summed E-state index contributed by atoms with van der Waals surface area (Å²) in [7, 11) is 0. The van der Waals surface area contributed by atoms with Crippen LogP contribution < -0.4 is 0 Å². The highest BCUT2D eigenvalue weighted by Crippen LogP contribution is 2.32. The van der Waals surface area contributed by atoms with E-state index in [1.165, 1.54) is 12.1 Å². The van der Waals surface area contributed by atoms with Crippen molar-refractivity contribution in [1.29, 1.82) is 0 Å². The highest BCUT2D eigenvalue weighted by atomic mass is 19.3. The summed E-state index contributed by atoms with van der Waals surface area (Å²) in [6, 6.07) is 6.15. The molecule has 0 atom stereocenters. The molecule has 0 bridgehead atoms. The second kappa shape index (κ2) is 4.49. The molecule has 0 radical (unpaired) electrons. The standard InChI is InChI=1S/C11H13F3/c1-2-9-4-3-5-10(8-9)11(13,14)6-7-12/h3-5,8H,2,6-7H2,1H3. The van der Waals surface area contributed by atoms with Crippen molar-refractivity contribution in [1.82, 2.24) is 0 Å². The molecule has 0 saturated heterocycles. The van der Waals surface area contributed by atoms with Crippen LogP contribution >= 0.6 is 0 Å². The van der Waals surface area contributed by atoms with E-state index in [0.717, 1.165) is 5.56 Å². The first-order chi connectivity index (χ1) is 6.60. The van der Waals surface area contributed by atoms with E-state index in [-0.39, 0.29) is 5.56 Å². The SMILES string of the molecule is CCc1cccc(C(F)(F)CCF)c1. The van der Waals surface area contributed by atoms with Crippen LogP contribution in [0.15, 0.2) is 24.3 Å². The van der Waals surface area contributed by atoms with E-state index >= 15 is 0 Å². The summed E-state index contributed by atoms with van der Waals surface area (Å²) in [6.45, 7) is 0.899. The maximum atomic E-state index is 13.2. The molecule has 0 heterocycles. The number of halogens is 3. The fourth-order valence-corrected chi connectivity index (χ4v) is 1.28. The molecular formula is C11H13F3. The Morgan fingerprint density at radius 3 is 2.57 bits per heavy atom. The summed E-state index contributed by atoms with van der Waals surface area (Å²) in [6.07, 6.45) is -0.0281. The Balaban J connectivity index is 2.93. The molecule has 1 aromatic carbocycles. The minimum atomic E-state index is -3.04. The first-order valence-corrected chi connectivity index (χ1v) is 4.63. The van der Waals surface area contributed by atoms with Gasteiger partial charge in [-0.05, 0) is 18.1 Å². The topological polar surface area (TPSA) is 0 Å². The van der Waals surface area contributed by atoms with Gasteiger partial charge in [0.05, 0.1) is 6.67 Å². The first-order valence-electron chi connectivity index (χ1n) is 4.63. The zero-order chi connectivity index (χ0) is 10.6. The van der Waals surface area contributed by atoms with Gasteiger partial charge in [-0.25, -0.2) is 8.78 Å². The number of alkyl halides is 3. The predicted octanol–water partition coefficient (Wildman–Crippen LogP) is 3.70. The van der Waals surface area contributed by atoms with Crippen LogP contribution in [0, 0.1) is 0 Å². The number of aryl methyl sites for hydroxylation is 1. The van der Waals surface area contributed by atoms with Gasteiger partial charge in [-0.1, -0.05) is 25.1 Å². The Morgan fingerprint density at radius 1 is 1.29 bits per heavy atom. The summed E-state index contributed by atoms with van der Waals surface area (Å²) in [4.78, 5) is 0. The number of hydrogen-bond acceptors (Lipinski definition) is 0. The molecule has 0 aliphatic carbocycles. The molecule has 0 amide bonds. The summed E-state index contributed by atoms with van der Waals surface area (Å²) >= 11 is 0. The molecule has 1 aromatic rings. The van der Waals surface area contributed by atoms with Crippen LogP contribution in [0.2, 0.25) is 0 Å². The van der Waals surface area contributed by atoms with Crippen molar-refractivity contribution in [2.24, 2.45) is 0 Å². The molecule has 0 aromatic heterocycles. The minimum Gasteiger partial charge on any atom is -0.251 e. The Kier molecular flexibility index (Phi) is 3.55. The summed E-state index contributed by atoms with van der Waals surface area (Å²) in [5, 5.41) is 0. The third-order valence-corrected chi connectivity index (χ3v) is 2.17. The van der Waals surface area contributed by atoms with Crippen LogP contribution in [0.1, 0.15) is 24.5 Å². The number of hydrogen-bond donors (Lipinski definition) is 0. The van der Waals surface area contributed by atoms with Gasteiger partial charge >= 0.3 is 0 Å². The number of rotatable bonds is 4. The second-order valence-corrected chi connectivity index (χ2v) is 3.20. The van der Waals surface area contributed by atoms with Crippen molar-refractivity contribution >= 4 is 0 Å². The van der Waals surface area contributed by atoms with Crippen molar-refractivity contribution in [3.8, 4) is 0 Å². The molecule has 0 saturated carbocycles. The largest absolute Gasteiger partial charge is 0.275 e. The van der Waals surface area contributed by atoms with Crippen LogP contribution in [-0.4, -0.2) is 6.67 Å². The van der Waals surface area contributed by atoms with Crippen molar-refractivity contribution in [3.63, 3.8) is 0 Å². The van der Waals surface area contributed by atoms with Crippen LogP contribution in [-0.2, 0) is 12.3 Å². The molecule has 0 nitrogen and oxygen atoms in total. The highest BCUT2D eigenvalue weighted by Gasteiger charge is 2.30. The lowest BCUT2D eigenvalue weighted by molar-refractivity contribution is -0.0188. The van der Waals surface area contributed by atoms with Crippen LogP contribution in [0.5, 0.6) is 0 Å². The Morgan fingerprint density at radius 2 is 2.00 bits per heavy atom. The van der Waals surface area contributed by atoms with Crippen LogP contribution in [0.25, 0.3) is 0 Å². The molecule has 0 N–H and O–H groups in total. The van der Waals surface area contributed by atoms with Gasteiger partial charge in [0, 0.05) is 12.0 Å². The summed E-state index contributed by atoms with van der Waals surface area (Å²) in [5.41, 5.74) is 0.760. The van der Waals surface area contributed by atoms with E-state index in [1.54, 1.807) is 12.1 Å². The van der Waals surface area contributed by atoms with Crippen molar-refractivity contribution in [2.45, 2.75) is 25.7 Å². The smallest absolute Gasteiger partial charge is 0.251 e. The molecule has 1 rings (SSSR count). The van der Waals surface area contributed by atoms with Gasteiger partial charge in [-0.2, -0.15) is 0 Å². The van der Waals surface area contributed by atoms with Crippen LogP contribution in [0.4, 0.5) is 13.2 Å². The van der Waals surface area contributed by atoms with Gasteiger partial charge in [0.2, 0.25) is 0 Å². The molecule has 14 heavy (non-hydrogen) atoms. The molecule has 78 valence electrons. The van der Waals surface area contributed by atoms with Gasteiger partial charge in [0.1, 0.15) is 0 Å². The number of benzene rings is 1. The van der Waals surface area contributed by atoms with E-state index in [2.05, 4.69) is 0 Å². The van der Waals surface area contributed by atoms with E-state index in [0.29, 0.717) is 6.42 Å². The highest BCUT2D eigenvalue weighted by molar-refractivity contribution is 5.26. The van der Waals surface area contributed by atoms with Crippen molar-refractivity contribution in [3.05, 3.63) is 35.4 Å². The van der Waals surface area contributed by atoms with Gasteiger partial charge in [0.25, 0.3) is 5.92 Å². The molecule has 0 aliphatic rings. The average molecular weight is 202 g/mol. The molecule has 0 spiro atoms. The molecule has 3 heteroatoms. The Hall–Kier alpha value is -0.990. The lowest BCUT2D eigenvalue weighted by Gasteiger charge is -2.15. The van der Waals surface area contributed by atoms with Crippen LogP contribution in [0.3, 0.4) is 0 Å². The maximum Gasteiger partial charge on any atom is 0.275 e. The molecule has 0 fully saturated rings. The fourth-order valence-electron chi connectivity index (χ4n) is 1.28. The molecule has 0 unspecified atom stereocenters. The zero-order valence-electron chi connectivity index (χ0n) is 8.06. The van der Waals surface area contributed by atoms with Crippen molar-refractivity contribution in [2.75, 3.05) is 6.67 Å². The average Bonchev–Trinajstić information content (AvgIpc) is 2.18. The van der Waals surface area contributed by atoms with Gasteiger partial charge in [0.15, 0.2) is 0 Å². The van der Waals surface area contributed by atoms with Crippen molar-refractivity contribution < 1.29 is 13.2 Å². The minimum absolute atomic E-state index is 0.0884. The maximum absolute atomic E-state index is 13.2. The Bertz CT molecular complexity index is 294. The summed E-state index contributed by atoms with van der Waals surface area (Å²) < 4.78 is 38.3. The third-order valence-electron chi connectivity index (χ3n) is 2.17. The van der Waals surface area contributed by atoms with Gasteiger partial charge in [-0.15, -0.1) is 0 Å². The first kappa shape index (κ1) is 11.1. The van der Waals surface area contributed by atoms with E-state index < -0.39 is 19.0 Å². The molecule has 0 aliphatic heterocycles. The quantitative estimate of drug-likeness (QED) is 0.698. The third kappa shape index (κ3) is 2.50. The second-order valence-electron chi connectivity index (χ2n) is 3.20. The molecular weight excluding hydrogens is 189 g/mol. The zero-order valence-corrected chi connectivity index (χ0v) is 8.06. The fraction of sp³-hybridized carbons (Fsp3) is 0.455. The normalized spacial score (nSPS) is 11.7. The lowest BCUT2D eigenvalue weighted by Crippen LogP contribution is -2.14. The Labute approximate surface area is 81.8 Å². The van der Waals surface area contributed by atoms with E-state index in [4.69, 9.17) is 0 Å². The van der Waals surface area contributed by atoms with Gasteiger partial charge in [-0.3, -0.25) is 4.39 Å². The van der Waals surface area contributed by atoms with E-state index in [9.17, 15) is 13.2 Å². The lowest BCUT2D eigenvalue weighted by atomic mass is 10.0. The van der Waals surface area contributed by atoms with E-state index in [1.807, 2.05) is 6.92 Å². The predicted molar refractivity (Wildman–Crippen MR) is 50.3 cm³/mol. The monoisotopic (exact) mass is 202 g/mol. The summed E-state index contributed by atoms with van der Waals surface area (Å²) in [5.74, 6) is -3.04. The van der Waals surface area contributed by atoms with Gasteiger partial charge < -0.3 is 0 Å².